The molecule has 0 spiro atoms. The van der Waals surface area contributed by atoms with Crippen LogP contribution in [0.15, 0.2) is 0 Å². The molecule has 0 radical (unpaired) electrons. The van der Waals surface area contributed by atoms with E-state index in [1.165, 1.54) is 0 Å². The van der Waals surface area contributed by atoms with Crippen molar-refractivity contribution in [2.75, 3.05) is 19.8 Å². The summed E-state index contributed by atoms with van der Waals surface area (Å²) in [5, 5.41) is 110. The van der Waals surface area contributed by atoms with Gasteiger partial charge >= 0.3 is 0 Å². The molecule has 3 aliphatic heterocycles. The molecule has 11 N–H and O–H groups in total. The Bertz CT molecular complexity index is 727. The molecule has 0 aromatic heterocycles. The Hall–Kier alpha value is -0.970. The number of rotatable bonds is 8. The molecule has 3 aliphatic rings. The monoisotopic (exact) mass is 518 g/mol. The molecule has 3 rings (SSSR count). The average Bonchev–Trinajstić information content (AvgIpc) is 3.04. The number of aldehydes is 1. The highest BCUT2D eigenvalue weighted by Crippen LogP contribution is 2.40. The lowest BCUT2D eigenvalue weighted by Gasteiger charge is -2.44. The fourth-order valence-corrected chi connectivity index (χ4v) is 3.95. The third-order valence-corrected chi connectivity index (χ3v) is 6.16. The highest BCUT2D eigenvalue weighted by Gasteiger charge is 2.64. The molecule has 0 amide bonds. The Morgan fingerprint density at radius 1 is 0.743 bits per heavy atom. The molecule has 17 heteroatoms. The number of ether oxygens (including phenoxy) is 5. The maximum absolute atomic E-state index is 11.0. The van der Waals surface area contributed by atoms with Crippen molar-refractivity contribution in [3.05, 3.63) is 0 Å². The summed E-state index contributed by atoms with van der Waals surface area (Å²) in [6.45, 7) is -3.19. The van der Waals surface area contributed by atoms with Crippen molar-refractivity contribution in [2.24, 2.45) is 0 Å². The van der Waals surface area contributed by atoms with Crippen molar-refractivity contribution < 1.29 is 84.7 Å². The second kappa shape index (κ2) is 10.8. The smallest absolute Gasteiger partial charge is 0.226 e. The number of carbonyl (C=O) groups is 1. The van der Waals surface area contributed by atoms with Crippen molar-refractivity contribution in [3.63, 3.8) is 0 Å². The normalized spacial score (nSPS) is 53.0. The van der Waals surface area contributed by atoms with Gasteiger partial charge in [0.05, 0.1) is 13.2 Å². The second-order valence-electron chi connectivity index (χ2n) is 8.51. The van der Waals surface area contributed by atoms with Crippen LogP contribution in [0, 0.1) is 0 Å². The van der Waals surface area contributed by atoms with Crippen LogP contribution < -0.4 is 0 Å². The average molecular weight is 518 g/mol. The minimum Gasteiger partial charge on any atom is -0.391 e. The summed E-state index contributed by atoms with van der Waals surface area (Å²) in [5.74, 6) is -5.42. The molecule has 17 nitrogen and oxygen atoms in total. The third kappa shape index (κ3) is 5.09. The molecule has 0 aliphatic carbocycles. The summed E-state index contributed by atoms with van der Waals surface area (Å²) < 4.78 is 25.8. The number of hydrogen-bond acceptors (Lipinski definition) is 17. The molecule has 0 aromatic rings. The summed E-state index contributed by atoms with van der Waals surface area (Å²) in [6, 6.07) is 0. The lowest BCUT2D eigenvalue weighted by atomic mass is 9.98. The van der Waals surface area contributed by atoms with Crippen LogP contribution >= 0.6 is 0 Å². The second-order valence-corrected chi connectivity index (χ2v) is 8.51. The summed E-state index contributed by atoms with van der Waals surface area (Å²) in [6.07, 6.45) is -22.3. The minimum atomic E-state index is -2.77. The van der Waals surface area contributed by atoms with Crippen LogP contribution in [0.3, 0.4) is 0 Å². The van der Waals surface area contributed by atoms with Gasteiger partial charge in [-0.3, -0.25) is 0 Å². The molecule has 0 unspecified atom stereocenters. The molecule has 0 bridgehead atoms. The van der Waals surface area contributed by atoms with Crippen LogP contribution in [-0.4, -0.2) is 167 Å². The minimum absolute atomic E-state index is 0.162. The lowest BCUT2D eigenvalue weighted by Crippen LogP contribution is -2.63. The van der Waals surface area contributed by atoms with Gasteiger partial charge < -0.3 is 84.7 Å². The van der Waals surface area contributed by atoms with Gasteiger partial charge in [-0.15, -0.1) is 0 Å². The van der Waals surface area contributed by atoms with Gasteiger partial charge in [0, 0.05) is 0 Å². The Balaban J connectivity index is 1.72. The van der Waals surface area contributed by atoms with Crippen molar-refractivity contribution in [2.45, 2.75) is 85.2 Å². The predicted octanol–water partition coefficient (Wildman–Crippen LogP) is -8.04. The van der Waals surface area contributed by atoms with E-state index in [0.29, 0.717) is 0 Å². The molecule has 204 valence electrons. The van der Waals surface area contributed by atoms with Gasteiger partial charge in [0.25, 0.3) is 0 Å². The summed E-state index contributed by atoms with van der Waals surface area (Å²) in [7, 11) is 0. The molecule has 35 heavy (non-hydrogen) atoms. The van der Waals surface area contributed by atoms with Gasteiger partial charge in [-0.05, 0) is 0 Å². The highest BCUT2D eigenvalue weighted by atomic mass is 16.8. The van der Waals surface area contributed by atoms with Crippen LogP contribution in [0.2, 0.25) is 0 Å². The van der Waals surface area contributed by atoms with E-state index in [1.54, 1.807) is 0 Å². The number of hydrogen-bond donors (Lipinski definition) is 11. The number of aliphatic hydroxyl groups excluding tert-OH is 10. The van der Waals surface area contributed by atoms with E-state index in [4.69, 9.17) is 23.7 Å². The Morgan fingerprint density at radius 3 is 1.89 bits per heavy atom. The fourth-order valence-electron chi connectivity index (χ4n) is 3.95. The fraction of sp³-hybridized carbons (Fsp3) is 0.944. The Morgan fingerprint density at radius 2 is 1.34 bits per heavy atom. The topological polar surface area (TPSA) is 286 Å². The molecule has 0 saturated carbocycles. The van der Waals surface area contributed by atoms with Crippen molar-refractivity contribution in [3.8, 4) is 0 Å². The van der Waals surface area contributed by atoms with Crippen molar-refractivity contribution in [1.82, 2.24) is 0 Å². The molecular weight excluding hydrogens is 488 g/mol. The first-order valence-corrected chi connectivity index (χ1v) is 10.5. The van der Waals surface area contributed by atoms with Gasteiger partial charge in [-0.25, -0.2) is 0 Å². The van der Waals surface area contributed by atoms with Gasteiger partial charge in [-0.1, -0.05) is 0 Å². The molecule has 0 aromatic carbocycles. The number of carbonyl (C=O) groups excluding carboxylic acids is 1. The first-order chi connectivity index (χ1) is 16.4. The summed E-state index contributed by atoms with van der Waals surface area (Å²) in [4.78, 5) is 11.0. The van der Waals surface area contributed by atoms with Crippen LogP contribution in [0.5, 0.6) is 0 Å². The maximum Gasteiger partial charge on any atom is 0.226 e. The van der Waals surface area contributed by atoms with E-state index in [9.17, 15) is 61.0 Å². The van der Waals surface area contributed by atoms with Crippen LogP contribution in [0.1, 0.15) is 0 Å². The summed E-state index contributed by atoms with van der Waals surface area (Å²) >= 11 is 0. The highest BCUT2D eigenvalue weighted by molar-refractivity contribution is 5.57. The van der Waals surface area contributed by atoms with Gasteiger partial charge in [0.1, 0.15) is 67.6 Å². The van der Waals surface area contributed by atoms with E-state index in [2.05, 4.69) is 0 Å². The van der Waals surface area contributed by atoms with Crippen molar-refractivity contribution in [1.29, 1.82) is 0 Å². The zero-order valence-corrected chi connectivity index (χ0v) is 18.0. The molecule has 14 atom stereocenters. The van der Waals surface area contributed by atoms with E-state index >= 15 is 0 Å². The molecule has 3 fully saturated rings. The first-order valence-electron chi connectivity index (χ1n) is 10.5. The van der Waals surface area contributed by atoms with E-state index in [-0.39, 0.29) is 6.29 Å². The lowest BCUT2D eigenvalue weighted by molar-refractivity contribution is -0.406. The third-order valence-electron chi connectivity index (χ3n) is 6.16. The quantitative estimate of drug-likeness (QED) is 0.133. The van der Waals surface area contributed by atoms with E-state index in [0.717, 1.165) is 0 Å². The molecule has 3 saturated heterocycles. The zero-order valence-electron chi connectivity index (χ0n) is 18.0. The summed E-state index contributed by atoms with van der Waals surface area (Å²) in [5.41, 5.74) is 0. The van der Waals surface area contributed by atoms with Crippen LogP contribution in [0.4, 0.5) is 0 Å². The maximum atomic E-state index is 11.0. The standard InChI is InChI=1S/C18H30O17/c19-1-5-7(22)9(24)11(26)15(32-5)31-2-6-8(23)10(25)12(27)16(33-6)34-18(4-21)14(29)13(28)17(30,3-20)35-18/h1,5-16,20-30H,2-4H2/t5-,6-,7+,8-,9+,10+,11-,12-,13+,14+,15+,16-,17-,18-/m1/s1. The Labute approximate surface area is 196 Å². The van der Waals surface area contributed by atoms with E-state index < -0.39 is 105 Å². The number of aliphatic hydroxyl groups is 11. The SMILES string of the molecule is O=C[C@H]1O[C@H](OC[C@H]2O[C@H](O[C@]3(CO)O[C@](O)(CO)[C@@H](O)[C@@H]3O)[C@H](O)[C@@H](O)[C@@H]2O)[C@H](O)[C@@H](O)[C@H]1O. The van der Waals surface area contributed by atoms with Gasteiger partial charge in [0.15, 0.2) is 18.9 Å². The zero-order chi connectivity index (χ0) is 26.3. The van der Waals surface area contributed by atoms with E-state index in [1.807, 2.05) is 0 Å². The largest absolute Gasteiger partial charge is 0.391 e. The Kier molecular flexibility index (Phi) is 8.82. The molecular formula is C18H30O17. The van der Waals surface area contributed by atoms with Crippen molar-refractivity contribution >= 4 is 6.29 Å². The van der Waals surface area contributed by atoms with Gasteiger partial charge in [0.2, 0.25) is 11.6 Å². The van der Waals surface area contributed by atoms with Crippen LogP contribution in [-0.2, 0) is 28.5 Å². The first kappa shape index (κ1) is 28.6. The molecule has 3 heterocycles. The van der Waals surface area contributed by atoms with Gasteiger partial charge in [-0.2, -0.15) is 0 Å². The van der Waals surface area contributed by atoms with Crippen LogP contribution in [0.25, 0.3) is 0 Å². The predicted molar refractivity (Wildman–Crippen MR) is 101 cm³/mol.